The minimum atomic E-state index is 0.115. The Morgan fingerprint density at radius 3 is 2.69 bits per heavy atom. The molecule has 2 atom stereocenters. The van der Waals surface area contributed by atoms with Gasteiger partial charge >= 0.3 is 0 Å². The second-order valence-electron chi connectivity index (χ2n) is 4.02. The van der Waals surface area contributed by atoms with Crippen LogP contribution in [0, 0.1) is 0 Å². The number of morpholine rings is 1. The Morgan fingerprint density at radius 2 is 2.06 bits per heavy atom. The summed E-state index contributed by atoms with van der Waals surface area (Å²) in [6.07, 6.45) is 1.42. The van der Waals surface area contributed by atoms with Gasteiger partial charge in [0.1, 0.15) is 5.75 Å². The molecule has 2 unspecified atom stereocenters. The molecular formula is C13H18NO2. The van der Waals surface area contributed by atoms with E-state index in [4.69, 9.17) is 9.47 Å². The summed E-state index contributed by atoms with van der Waals surface area (Å²) in [5.74, 6) is 0.878. The Morgan fingerprint density at radius 1 is 1.31 bits per heavy atom. The molecule has 0 bridgehead atoms. The fourth-order valence-corrected chi connectivity index (χ4v) is 1.88. The molecule has 1 saturated heterocycles. The molecule has 2 rings (SSSR count). The number of methoxy groups -OCH3 is 1. The van der Waals surface area contributed by atoms with Crippen LogP contribution in [0.3, 0.4) is 0 Å². The van der Waals surface area contributed by atoms with E-state index >= 15 is 0 Å². The maximum Gasteiger partial charge on any atom is 0.118 e. The third kappa shape index (κ3) is 2.54. The van der Waals surface area contributed by atoms with E-state index in [0.29, 0.717) is 0 Å². The van der Waals surface area contributed by atoms with Gasteiger partial charge in [0.2, 0.25) is 0 Å². The summed E-state index contributed by atoms with van der Waals surface area (Å²) in [4.78, 5) is 0. The van der Waals surface area contributed by atoms with Crippen LogP contribution in [0.2, 0.25) is 0 Å². The highest BCUT2D eigenvalue weighted by Crippen LogP contribution is 2.24. The molecule has 1 fully saturated rings. The molecule has 3 nitrogen and oxygen atoms in total. The monoisotopic (exact) mass is 220 g/mol. The first-order valence-electron chi connectivity index (χ1n) is 5.76. The molecular weight excluding hydrogens is 202 g/mol. The van der Waals surface area contributed by atoms with Gasteiger partial charge in [-0.1, -0.05) is 19.1 Å². The first kappa shape index (κ1) is 11.4. The minimum Gasteiger partial charge on any atom is -0.497 e. The van der Waals surface area contributed by atoms with Crippen molar-refractivity contribution in [1.29, 1.82) is 0 Å². The number of hydrogen-bond donors (Lipinski definition) is 0. The smallest absolute Gasteiger partial charge is 0.118 e. The van der Waals surface area contributed by atoms with Gasteiger partial charge in [-0.3, -0.25) is 0 Å². The van der Waals surface area contributed by atoms with Crippen molar-refractivity contribution >= 4 is 0 Å². The van der Waals surface area contributed by atoms with Crippen molar-refractivity contribution in [2.45, 2.75) is 25.6 Å². The predicted octanol–water partition coefficient (Wildman–Crippen LogP) is 2.15. The summed E-state index contributed by atoms with van der Waals surface area (Å²) in [6.45, 7) is 3.74. The Hall–Kier alpha value is -1.06. The van der Waals surface area contributed by atoms with E-state index in [0.717, 1.165) is 25.3 Å². The molecule has 0 aromatic heterocycles. The highest BCUT2D eigenvalue weighted by molar-refractivity contribution is 5.28. The third-order valence-corrected chi connectivity index (χ3v) is 2.93. The van der Waals surface area contributed by atoms with Crippen LogP contribution in [-0.4, -0.2) is 26.3 Å². The first-order valence-corrected chi connectivity index (χ1v) is 5.76. The average molecular weight is 220 g/mol. The number of rotatable bonds is 3. The molecule has 3 heteroatoms. The lowest BCUT2D eigenvalue weighted by Crippen LogP contribution is -2.35. The standard InChI is InChI=1S/C13H18NO2/c1-3-11-8-14-9-13(16-11)10-4-6-12(15-2)7-5-10/h4-7,11,13H,3,8-9H2,1-2H3. The van der Waals surface area contributed by atoms with Crippen LogP contribution in [0.5, 0.6) is 5.75 Å². The first-order chi connectivity index (χ1) is 7.83. The van der Waals surface area contributed by atoms with Crippen molar-refractivity contribution in [3.8, 4) is 5.75 Å². The lowest BCUT2D eigenvalue weighted by molar-refractivity contribution is -0.0414. The lowest BCUT2D eigenvalue weighted by Gasteiger charge is -2.29. The van der Waals surface area contributed by atoms with Gasteiger partial charge in [-0.25, -0.2) is 5.32 Å². The zero-order valence-corrected chi connectivity index (χ0v) is 9.85. The highest BCUT2D eigenvalue weighted by Gasteiger charge is 2.22. The van der Waals surface area contributed by atoms with Gasteiger partial charge in [0, 0.05) is 13.1 Å². The Bertz CT molecular complexity index is 323. The molecule has 1 aliphatic rings. The molecule has 0 saturated carbocycles. The largest absolute Gasteiger partial charge is 0.497 e. The summed E-state index contributed by atoms with van der Waals surface area (Å²) >= 11 is 0. The Labute approximate surface area is 96.8 Å². The van der Waals surface area contributed by atoms with Gasteiger partial charge < -0.3 is 9.47 Å². The molecule has 0 spiro atoms. The van der Waals surface area contributed by atoms with Crippen LogP contribution in [-0.2, 0) is 4.74 Å². The zero-order chi connectivity index (χ0) is 11.4. The van der Waals surface area contributed by atoms with Gasteiger partial charge in [0.15, 0.2) is 0 Å². The zero-order valence-electron chi connectivity index (χ0n) is 9.85. The van der Waals surface area contributed by atoms with Crippen LogP contribution in [0.4, 0.5) is 0 Å². The highest BCUT2D eigenvalue weighted by atomic mass is 16.5. The fourth-order valence-electron chi connectivity index (χ4n) is 1.88. The topological polar surface area (TPSA) is 32.6 Å². The van der Waals surface area contributed by atoms with Crippen molar-refractivity contribution < 1.29 is 9.47 Å². The van der Waals surface area contributed by atoms with Crippen molar-refractivity contribution in [3.05, 3.63) is 29.8 Å². The van der Waals surface area contributed by atoms with E-state index in [-0.39, 0.29) is 12.2 Å². The van der Waals surface area contributed by atoms with E-state index < -0.39 is 0 Å². The van der Waals surface area contributed by atoms with Gasteiger partial charge in [0.05, 0.1) is 19.3 Å². The van der Waals surface area contributed by atoms with Crippen molar-refractivity contribution in [1.82, 2.24) is 5.32 Å². The molecule has 1 heterocycles. The Balaban J connectivity index is 2.05. The van der Waals surface area contributed by atoms with E-state index in [9.17, 15) is 0 Å². The minimum absolute atomic E-state index is 0.115. The Kier molecular flexibility index (Phi) is 3.80. The average Bonchev–Trinajstić information content (AvgIpc) is 2.39. The van der Waals surface area contributed by atoms with E-state index in [1.165, 1.54) is 5.56 Å². The maximum atomic E-state index is 5.96. The summed E-state index contributed by atoms with van der Waals surface area (Å²) < 4.78 is 11.1. The second-order valence-corrected chi connectivity index (χ2v) is 4.02. The SMILES string of the molecule is CCC1C[N]CC(c2ccc(OC)cc2)O1. The molecule has 87 valence electrons. The molecule has 0 N–H and O–H groups in total. The van der Waals surface area contributed by atoms with Crippen molar-refractivity contribution in [3.63, 3.8) is 0 Å². The number of hydrogen-bond acceptors (Lipinski definition) is 2. The quantitative estimate of drug-likeness (QED) is 0.782. The van der Waals surface area contributed by atoms with Crippen LogP contribution in [0.15, 0.2) is 24.3 Å². The molecule has 0 aliphatic carbocycles. The van der Waals surface area contributed by atoms with Gasteiger partial charge in [0.25, 0.3) is 0 Å². The van der Waals surface area contributed by atoms with Crippen LogP contribution in [0.1, 0.15) is 25.0 Å². The number of ether oxygens (including phenoxy) is 2. The van der Waals surface area contributed by atoms with Gasteiger partial charge in [-0.15, -0.1) is 0 Å². The van der Waals surface area contributed by atoms with Gasteiger partial charge in [-0.2, -0.15) is 0 Å². The lowest BCUT2D eigenvalue weighted by atomic mass is 10.1. The molecule has 0 amide bonds. The number of nitrogens with zero attached hydrogens (tertiary/aromatic N) is 1. The summed E-state index contributed by atoms with van der Waals surface area (Å²) in [7, 11) is 1.68. The van der Waals surface area contributed by atoms with E-state index in [2.05, 4.69) is 24.4 Å². The fraction of sp³-hybridized carbons (Fsp3) is 0.538. The summed E-state index contributed by atoms with van der Waals surface area (Å²) in [5.41, 5.74) is 1.18. The molecule has 1 aromatic rings. The molecule has 1 radical (unpaired) electrons. The van der Waals surface area contributed by atoms with Crippen molar-refractivity contribution in [2.75, 3.05) is 20.2 Å². The van der Waals surface area contributed by atoms with Crippen LogP contribution < -0.4 is 10.1 Å². The van der Waals surface area contributed by atoms with E-state index in [1.807, 2.05) is 12.1 Å². The molecule has 1 aliphatic heterocycles. The molecule has 1 aromatic carbocycles. The van der Waals surface area contributed by atoms with Gasteiger partial charge in [-0.05, 0) is 24.1 Å². The predicted molar refractivity (Wildman–Crippen MR) is 62.8 cm³/mol. The van der Waals surface area contributed by atoms with E-state index in [1.54, 1.807) is 7.11 Å². The van der Waals surface area contributed by atoms with Crippen molar-refractivity contribution in [2.24, 2.45) is 0 Å². The van der Waals surface area contributed by atoms with Crippen LogP contribution in [0.25, 0.3) is 0 Å². The third-order valence-electron chi connectivity index (χ3n) is 2.93. The molecule has 16 heavy (non-hydrogen) atoms. The number of benzene rings is 1. The van der Waals surface area contributed by atoms with Crippen LogP contribution >= 0.6 is 0 Å². The maximum absolute atomic E-state index is 5.96. The summed E-state index contributed by atoms with van der Waals surface area (Å²) in [5, 5.41) is 4.47. The summed E-state index contributed by atoms with van der Waals surface area (Å²) in [6, 6.07) is 8.04. The second kappa shape index (κ2) is 5.32. The normalized spacial score (nSPS) is 25.4.